The summed E-state index contributed by atoms with van der Waals surface area (Å²) in [6.07, 6.45) is -2.87. The van der Waals surface area contributed by atoms with Crippen LogP contribution in [0.15, 0.2) is 54.6 Å². The molecule has 0 saturated heterocycles. The number of aryl methyl sites for hydroxylation is 3. The summed E-state index contributed by atoms with van der Waals surface area (Å²) in [5.41, 5.74) is 2.97. The summed E-state index contributed by atoms with van der Waals surface area (Å²) in [5, 5.41) is 15.0. The van der Waals surface area contributed by atoms with Crippen LogP contribution in [0.3, 0.4) is 0 Å². The van der Waals surface area contributed by atoms with Crippen molar-refractivity contribution in [3.05, 3.63) is 93.8 Å². The van der Waals surface area contributed by atoms with Crippen molar-refractivity contribution in [3.8, 4) is 40.1 Å². The number of nitrogens with zero attached hydrogens (tertiary/aromatic N) is 4. The van der Waals surface area contributed by atoms with Crippen LogP contribution in [0, 0.1) is 43.9 Å². The van der Waals surface area contributed by atoms with E-state index in [4.69, 9.17) is 18.9 Å². The largest absolute Gasteiger partial charge is 0.493 e. The number of carbonyl (C=O) groups is 7. The van der Waals surface area contributed by atoms with Crippen LogP contribution in [0.4, 0.5) is 9.59 Å². The van der Waals surface area contributed by atoms with Crippen LogP contribution in [0.5, 0.6) is 11.5 Å². The average molecular weight is 1180 g/mol. The van der Waals surface area contributed by atoms with Gasteiger partial charge in [-0.25, -0.2) is 24.3 Å². The lowest BCUT2D eigenvalue weighted by Gasteiger charge is -2.32. The highest BCUT2D eigenvalue weighted by molar-refractivity contribution is 7.88. The molecule has 4 atom stereocenters. The zero-order valence-corrected chi connectivity index (χ0v) is 51.9. The highest BCUT2D eigenvalue weighted by Crippen LogP contribution is 2.40. The number of rotatable bonds is 20. The third-order valence-corrected chi connectivity index (χ3v) is 14.6. The van der Waals surface area contributed by atoms with E-state index < -0.39 is 106 Å². The summed E-state index contributed by atoms with van der Waals surface area (Å²) in [5.74, 6) is -4.83. The number of nitrogens with one attached hydrogen (secondary N) is 4. The number of likely N-dealkylation sites (N-methyl/N-ethyl adjacent to an activating group) is 1. The maximum atomic E-state index is 15.4. The number of hydrogen-bond donors (Lipinski definition) is 4. The molecular weight excluding hydrogens is 1100 g/mol. The Morgan fingerprint density at radius 2 is 1.44 bits per heavy atom. The minimum Gasteiger partial charge on any atom is -0.493 e. The lowest BCUT2D eigenvalue weighted by atomic mass is 9.86. The summed E-state index contributed by atoms with van der Waals surface area (Å²) in [7, 11) is -3.42. The fraction of sp³-hybridized carbons (Fsp3) is 0.516. The first-order valence-corrected chi connectivity index (χ1v) is 29.6. The summed E-state index contributed by atoms with van der Waals surface area (Å²) in [6.45, 7) is 24.2. The number of aromatic nitrogens is 2. The third-order valence-electron chi connectivity index (χ3n) is 13.6. The Labute approximate surface area is 493 Å². The van der Waals surface area contributed by atoms with Crippen LogP contribution >= 0.6 is 0 Å². The number of nitriles is 1. The van der Waals surface area contributed by atoms with Crippen molar-refractivity contribution in [1.29, 1.82) is 5.26 Å². The maximum absolute atomic E-state index is 15.4. The quantitative estimate of drug-likeness (QED) is 0.0474. The molecule has 0 aliphatic carbocycles. The van der Waals surface area contributed by atoms with Crippen LogP contribution in [0.1, 0.15) is 158 Å². The normalized spacial score (nSPS) is 16.2. The molecular formula is C62H82N8O13S. The molecule has 0 fully saturated rings. The van der Waals surface area contributed by atoms with Gasteiger partial charge in [-0.15, -0.1) is 0 Å². The lowest BCUT2D eigenvalue weighted by molar-refractivity contribution is -0.142. The van der Waals surface area contributed by atoms with Crippen LogP contribution in [-0.4, -0.2) is 115 Å². The Kier molecular flexibility index (Phi) is 22.5. The predicted octanol–water partition coefficient (Wildman–Crippen LogP) is 8.98. The topological polar surface area (TPSA) is 291 Å². The number of fused-ring (bicyclic) bond motifs is 5. The molecule has 1 aliphatic rings. The molecule has 4 amide bonds. The molecule has 0 radical (unpaired) electrons. The standard InChI is InChI=1S/C62H82N8O13S/c1-16-27-80-51-24-21-41-31-46(51)45-32-42(52(30-36(45)2)81-28-26-64-58(76)82-61(9,10)11)33-47(48(71)18-17-25-63)68-56(74)37(3)29-50(73)54(41)70(15)57(75)43(35-65-84(78,79)69-59(77)83-62(12,13)14)34-49(72)53-38(4)66-55(67-39(53)5)40-19-22-44(23-20-40)60(6,7)8/h19-24,30-32,37,43,47,54,65H,16-18,26-29,33-35H2,1-15H3,(H,64,76)(H,68,74)(H,69,77)/t37-,43+,47+,54+/m1/s1. The van der Waals surface area contributed by atoms with Crippen molar-refractivity contribution in [1.82, 2.24) is 34.9 Å². The molecule has 454 valence electrons. The zero-order chi connectivity index (χ0) is 62.6. The Bertz CT molecular complexity index is 3240. The molecule has 1 aliphatic heterocycles. The van der Waals surface area contributed by atoms with Crippen molar-refractivity contribution < 1.29 is 60.9 Å². The Balaban J connectivity index is 1.65. The highest BCUT2D eigenvalue weighted by atomic mass is 32.2. The Morgan fingerprint density at radius 1 is 0.821 bits per heavy atom. The van der Waals surface area contributed by atoms with Crippen LogP contribution < -0.4 is 29.6 Å². The van der Waals surface area contributed by atoms with Gasteiger partial charge in [-0.1, -0.05) is 65.0 Å². The summed E-state index contributed by atoms with van der Waals surface area (Å²) >= 11 is 0. The second kappa shape index (κ2) is 28.2. The van der Waals surface area contributed by atoms with E-state index in [0.29, 0.717) is 62.9 Å². The van der Waals surface area contributed by atoms with Gasteiger partial charge in [0.2, 0.25) is 11.8 Å². The number of ether oxygens (including phenoxy) is 4. The number of Topliss-reactive ketones (excluding diaryl/α,β-unsaturated/α-hetero) is 3. The third kappa shape index (κ3) is 18.9. The number of benzene rings is 3. The van der Waals surface area contributed by atoms with Gasteiger partial charge < -0.3 is 34.5 Å². The minimum atomic E-state index is -4.75. The van der Waals surface area contributed by atoms with Gasteiger partial charge in [-0.2, -0.15) is 18.4 Å². The first kappa shape index (κ1) is 67.0. The van der Waals surface area contributed by atoms with Gasteiger partial charge in [0.05, 0.1) is 48.1 Å². The minimum absolute atomic E-state index is 0.0214. The van der Waals surface area contributed by atoms with E-state index in [1.807, 2.05) is 44.2 Å². The van der Waals surface area contributed by atoms with Gasteiger partial charge in [0, 0.05) is 62.7 Å². The van der Waals surface area contributed by atoms with Gasteiger partial charge in [0.25, 0.3) is 0 Å². The van der Waals surface area contributed by atoms with Gasteiger partial charge in [-0.3, -0.25) is 24.0 Å². The fourth-order valence-corrected chi connectivity index (χ4v) is 10.2. The van der Waals surface area contributed by atoms with Gasteiger partial charge in [-0.05, 0) is 126 Å². The number of ketones is 3. The molecule has 21 nitrogen and oxygen atoms in total. The SMILES string of the molecule is CCCOc1ccc2cc1-c1cc(c(OCCNC(=O)OC(C)(C)C)cc1C)C[C@@H](C(=O)CCC#N)NC(=O)[C@H](C)CC(=O)[C@H]2N(C)C(=O)[C@H](CNS(=O)(=O)NC(=O)OC(C)(C)C)CC(=O)c1c(C)nc(-c2ccc(C(C)(C)C)cc2)nc1C. The Morgan fingerprint density at radius 3 is 2.04 bits per heavy atom. The van der Waals surface area contributed by atoms with Crippen molar-refractivity contribution in [2.45, 2.75) is 164 Å². The summed E-state index contributed by atoms with van der Waals surface area (Å²) in [6, 6.07) is 15.5. The number of carbonyl (C=O) groups excluding carboxylic acids is 7. The van der Waals surface area contributed by atoms with E-state index in [1.54, 1.807) is 90.4 Å². The zero-order valence-electron chi connectivity index (χ0n) is 51.1. The molecule has 0 unspecified atom stereocenters. The van der Waals surface area contributed by atoms with Crippen molar-refractivity contribution in [2.75, 3.05) is 33.4 Å². The van der Waals surface area contributed by atoms with E-state index >= 15 is 9.59 Å². The molecule has 2 heterocycles. The summed E-state index contributed by atoms with van der Waals surface area (Å²) in [4.78, 5) is 109. The fourth-order valence-electron chi connectivity index (χ4n) is 9.48. The molecule has 0 saturated carbocycles. The van der Waals surface area contributed by atoms with Crippen LogP contribution in [0.25, 0.3) is 22.5 Å². The average Bonchev–Trinajstić information content (AvgIpc) is 2.78. The first-order chi connectivity index (χ1) is 39.1. The predicted molar refractivity (Wildman–Crippen MR) is 316 cm³/mol. The number of hydrogen-bond acceptors (Lipinski definition) is 16. The van der Waals surface area contributed by atoms with E-state index in [2.05, 4.69) is 46.1 Å². The van der Waals surface area contributed by atoms with E-state index in [1.165, 1.54) is 14.0 Å². The maximum Gasteiger partial charge on any atom is 0.422 e. The van der Waals surface area contributed by atoms with Crippen molar-refractivity contribution in [3.63, 3.8) is 0 Å². The molecule has 3 aromatic carbocycles. The molecule has 22 heteroatoms. The smallest absolute Gasteiger partial charge is 0.422 e. The molecule has 5 rings (SSSR count). The molecule has 4 aromatic rings. The molecule has 4 bridgehead atoms. The molecule has 1 aromatic heterocycles. The number of amides is 4. The molecule has 4 N–H and O–H groups in total. The Hall–Kier alpha value is -7.77. The van der Waals surface area contributed by atoms with Gasteiger partial charge in [0.1, 0.15) is 35.3 Å². The highest BCUT2D eigenvalue weighted by Gasteiger charge is 2.38. The van der Waals surface area contributed by atoms with Gasteiger partial charge >= 0.3 is 22.4 Å². The number of alkyl carbamates (subject to hydrolysis) is 1. The lowest BCUT2D eigenvalue weighted by Crippen LogP contribution is -2.48. The van der Waals surface area contributed by atoms with E-state index in [9.17, 15) is 37.7 Å². The van der Waals surface area contributed by atoms with Crippen LogP contribution in [-0.2, 0) is 50.7 Å². The van der Waals surface area contributed by atoms with Crippen molar-refractivity contribution in [2.24, 2.45) is 11.8 Å². The van der Waals surface area contributed by atoms with Crippen LogP contribution in [0.2, 0.25) is 0 Å². The van der Waals surface area contributed by atoms with E-state index in [0.717, 1.165) is 10.5 Å². The first-order valence-electron chi connectivity index (χ1n) is 28.1. The molecule has 0 spiro atoms. The van der Waals surface area contributed by atoms with E-state index in [-0.39, 0.29) is 55.6 Å². The second-order valence-electron chi connectivity index (χ2n) is 24.2. The summed E-state index contributed by atoms with van der Waals surface area (Å²) < 4.78 is 54.2. The van der Waals surface area contributed by atoms with Crippen molar-refractivity contribution >= 4 is 51.6 Å². The molecule has 84 heavy (non-hydrogen) atoms. The second-order valence-corrected chi connectivity index (χ2v) is 25.7. The monoisotopic (exact) mass is 1180 g/mol. The van der Waals surface area contributed by atoms with Gasteiger partial charge in [0.15, 0.2) is 23.2 Å².